The van der Waals surface area contributed by atoms with Gasteiger partial charge < -0.3 is 9.47 Å². The van der Waals surface area contributed by atoms with E-state index in [-0.39, 0.29) is 24.5 Å². The fourth-order valence-corrected chi connectivity index (χ4v) is 4.07. The minimum atomic E-state index is -3.56. The van der Waals surface area contributed by atoms with Crippen molar-refractivity contribution in [1.82, 2.24) is 4.72 Å². The molecule has 0 atom stereocenters. The van der Waals surface area contributed by atoms with Crippen LogP contribution in [0.4, 0.5) is 4.39 Å². The Kier molecular flexibility index (Phi) is 5.20. The summed E-state index contributed by atoms with van der Waals surface area (Å²) in [5, 5.41) is 0. The fraction of sp³-hybridized carbons (Fsp3) is 0.368. The standard InChI is InChI=1S/C19H22FNO4S/c1-19(2)12-15-6-4-8-17(18(15)25-19)24-10-9-21-26(22,23)13-14-5-3-7-16(20)11-14/h3-8,11,21H,9-10,12-13H2,1-2H3. The summed E-state index contributed by atoms with van der Waals surface area (Å²) in [4.78, 5) is 0. The minimum Gasteiger partial charge on any atom is -0.488 e. The molecule has 0 saturated carbocycles. The van der Waals surface area contributed by atoms with Crippen molar-refractivity contribution >= 4 is 10.0 Å². The number of fused-ring (bicyclic) bond motifs is 1. The fourth-order valence-electron chi connectivity index (χ4n) is 2.96. The Hall–Kier alpha value is -2.12. The lowest BCUT2D eigenvalue weighted by Gasteiger charge is -2.18. The van der Waals surface area contributed by atoms with Crippen molar-refractivity contribution in [3.8, 4) is 11.5 Å². The van der Waals surface area contributed by atoms with Crippen molar-refractivity contribution < 1.29 is 22.3 Å². The Morgan fingerprint density at radius 1 is 1.23 bits per heavy atom. The molecular formula is C19H22FNO4S. The molecule has 1 aliphatic rings. The van der Waals surface area contributed by atoms with Crippen LogP contribution in [0.2, 0.25) is 0 Å². The van der Waals surface area contributed by atoms with Crippen molar-refractivity contribution in [1.29, 1.82) is 0 Å². The van der Waals surface area contributed by atoms with E-state index in [4.69, 9.17) is 9.47 Å². The van der Waals surface area contributed by atoms with Crippen LogP contribution in [0.3, 0.4) is 0 Å². The summed E-state index contributed by atoms with van der Waals surface area (Å²) in [6.45, 7) is 4.31. The number of sulfonamides is 1. The van der Waals surface area contributed by atoms with E-state index in [1.54, 1.807) is 6.07 Å². The first-order valence-corrected chi connectivity index (χ1v) is 10.0. The van der Waals surface area contributed by atoms with Gasteiger partial charge >= 0.3 is 0 Å². The first-order valence-electron chi connectivity index (χ1n) is 8.40. The molecule has 0 aromatic heterocycles. The van der Waals surface area contributed by atoms with Crippen molar-refractivity contribution in [2.24, 2.45) is 0 Å². The molecule has 2 aromatic carbocycles. The molecule has 0 radical (unpaired) electrons. The number of hydrogen-bond acceptors (Lipinski definition) is 4. The summed E-state index contributed by atoms with van der Waals surface area (Å²) in [6.07, 6.45) is 0.805. The lowest BCUT2D eigenvalue weighted by molar-refractivity contribution is 0.132. The predicted octanol–water partition coefficient (Wildman–Crippen LogP) is 3.04. The van der Waals surface area contributed by atoms with E-state index in [0.29, 0.717) is 11.3 Å². The zero-order chi connectivity index (χ0) is 18.8. The third-order valence-corrected chi connectivity index (χ3v) is 5.34. The monoisotopic (exact) mass is 379 g/mol. The van der Waals surface area contributed by atoms with Crippen LogP contribution in [0.25, 0.3) is 0 Å². The van der Waals surface area contributed by atoms with Crippen LogP contribution >= 0.6 is 0 Å². The summed E-state index contributed by atoms with van der Waals surface area (Å²) >= 11 is 0. The number of nitrogens with one attached hydrogen (secondary N) is 1. The highest BCUT2D eigenvalue weighted by molar-refractivity contribution is 7.88. The maximum Gasteiger partial charge on any atom is 0.215 e. The quantitative estimate of drug-likeness (QED) is 0.751. The summed E-state index contributed by atoms with van der Waals surface area (Å²) in [6, 6.07) is 11.3. The molecule has 0 unspecified atom stereocenters. The van der Waals surface area contributed by atoms with Gasteiger partial charge in [0.05, 0.1) is 5.75 Å². The second kappa shape index (κ2) is 7.25. The van der Waals surface area contributed by atoms with Gasteiger partial charge in [0, 0.05) is 18.5 Å². The lowest BCUT2D eigenvalue weighted by Crippen LogP contribution is -2.29. The Bertz CT molecular complexity index is 896. The number of halogens is 1. The van der Waals surface area contributed by atoms with Gasteiger partial charge in [0.15, 0.2) is 11.5 Å². The molecule has 7 heteroatoms. The van der Waals surface area contributed by atoms with Crippen LogP contribution in [0.15, 0.2) is 42.5 Å². The molecule has 3 rings (SSSR count). The van der Waals surface area contributed by atoms with Gasteiger partial charge in [-0.25, -0.2) is 17.5 Å². The molecular weight excluding hydrogens is 357 g/mol. The largest absolute Gasteiger partial charge is 0.488 e. The van der Waals surface area contributed by atoms with Crippen molar-refractivity contribution in [3.63, 3.8) is 0 Å². The van der Waals surface area contributed by atoms with E-state index in [1.165, 1.54) is 18.2 Å². The molecule has 1 heterocycles. The highest BCUT2D eigenvalue weighted by Gasteiger charge is 2.32. The highest BCUT2D eigenvalue weighted by Crippen LogP contribution is 2.41. The third kappa shape index (κ3) is 4.74. The van der Waals surface area contributed by atoms with Crippen LogP contribution in [-0.4, -0.2) is 27.2 Å². The summed E-state index contributed by atoms with van der Waals surface area (Å²) in [5.41, 5.74) is 1.21. The molecule has 0 aliphatic carbocycles. The molecule has 1 N–H and O–H groups in total. The van der Waals surface area contributed by atoms with Gasteiger partial charge in [0.25, 0.3) is 0 Å². The SMILES string of the molecule is CC1(C)Cc2cccc(OCCNS(=O)(=O)Cc3cccc(F)c3)c2O1. The first kappa shape index (κ1) is 18.7. The summed E-state index contributed by atoms with van der Waals surface area (Å²) < 4.78 is 51.4. The minimum absolute atomic E-state index is 0.116. The number of benzene rings is 2. The van der Waals surface area contributed by atoms with E-state index in [1.807, 2.05) is 32.0 Å². The van der Waals surface area contributed by atoms with E-state index in [0.717, 1.165) is 17.7 Å². The molecule has 0 amide bonds. The molecule has 1 aliphatic heterocycles. The van der Waals surface area contributed by atoms with Gasteiger partial charge in [-0.3, -0.25) is 0 Å². The van der Waals surface area contributed by atoms with E-state index < -0.39 is 15.8 Å². The molecule has 140 valence electrons. The Balaban J connectivity index is 1.53. The van der Waals surface area contributed by atoms with Gasteiger partial charge in [0.1, 0.15) is 18.0 Å². The normalized spacial score (nSPS) is 15.3. The lowest BCUT2D eigenvalue weighted by atomic mass is 10.0. The number of hydrogen-bond donors (Lipinski definition) is 1. The van der Waals surface area contributed by atoms with Crippen LogP contribution < -0.4 is 14.2 Å². The van der Waals surface area contributed by atoms with Crippen molar-refractivity contribution in [2.75, 3.05) is 13.2 Å². The second-order valence-electron chi connectivity index (χ2n) is 6.91. The van der Waals surface area contributed by atoms with Gasteiger partial charge in [-0.15, -0.1) is 0 Å². The molecule has 5 nitrogen and oxygen atoms in total. The van der Waals surface area contributed by atoms with E-state index in [2.05, 4.69) is 4.72 Å². The van der Waals surface area contributed by atoms with Crippen LogP contribution in [0.5, 0.6) is 11.5 Å². The Morgan fingerprint density at radius 2 is 2.00 bits per heavy atom. The van der Waals surface area contributed by atoms with Crippen LogP contribution in [0.1, 0.15) is 25.0 Å². The molecule has 0 bridgehead atoms. The molecule has 0 fully saturated rings. The Labute approximate surface area is 153 Å². The molecule has 2 aromatic rings. The number of para-hydroxylation sites is 1. The molecule has 0 spiro atoms. The number of ether oxygens (including phenoxy) is 2. The molecule has 26 heavy (non-hydrogen) atoms. The van der Waals surface area contributed by atoms with Crippen molar-refractivity contribution in [3.05, 3.63) is 59.4 Å². The first-order chi connectivity index (χ1) is 12.2. The van der Waals surface area contributed by atoms with Gasteiger partial charge in [-0.2, -0.15) is 0 Å². The Morgan fingerprint density at radius 3 is 2.77 bits per heavy atom. The number of rotatable bonds is 7. The topological polar surface area (TPSA) is 64.6 Å². The van der Waals surface area contributed by atoms with Gasteiger partial charge in [-0.1, -0.05) is 24.3 Å². The van der Waals surface area contributed by atoms with Crippen LogP contribution in [-0.2, 0) is 22.2 Å². The van der Waals surface area contributed by atoms with Crippen molar-refractivity contribution in [2.45, 2.75) is 31.6 Å². The third-order valence-electron chi connectivity index (χ3n) is 3.98. The second-order valence-corrected chi connectivity index (χ2v) is 8.72. The van der Waals surface area contributed by atoms with Gasteiger partial charge in [-0.05, 0) is 37.6 Å². The average Bonchev–Trinajstić information content (AvgIpc) is 2.85. The zero-order valence-corrected chi connectivity index (χ0v) is 15.6. The maximum atomic E-state index is 13.2. The van der Waals surface area contributed by atoms with Crippen LogP contribution in [0, 0.1) is 5.82 Å². The highest BCUT2D eigenvalue weighted by atomic mass is 32.2. The molecule has 0 saturated heterocycles. The smallest absolute Gasteiger partial charge is 0.215 e. The van der Waals surface area contributed by atoms with E-state index >= 15 is 0 Å². The summed E-state index contributed by atoms with van der Waals surface area (Å²) in [5.74, 6) is 0.599. The zero-order valence-electron chi connectivity index (χ0n) is 14.8. The maximum absolute atomic E-state index is 13.2. The predicted molar refractivity (Wildman–Crippen MR) is 97.4 cm³/mol. The van der Waals surface area contributed by atoms with E-state index in [9.17, 15) is 12.8 Å². The summed E-state index contributed by atoms with van der Waals surface area (Å²) in [7, 11) is -3.56. The van der Waals surface area contributed by atoms with Gasteiger partial charge in [0.2, 0.25) is 10.0 Å². The average molecular weight is 379 g/mol.